The van der Waals surface area contributed by atoms with Gasteiger partial charge in [0.05, 0.1) is 31.1 Å². The Morgan fingerprint density at radius 3 is 3.08 bits per heavy atom. The second-order valence-corrected chi connectivity index (χ2v) is 5.91. The normalized spacial score (nSPS) is 17.8. The molecule has 0 radical (unpaired) electrons. The Morgan fingerprint density at radius 1 is 1.24 bits per heavy atom. The lowest BCUT2D eigenvalue weighted by Crippen LogP contribution is -2.48. The van der Waals surface area contributed by atoms with E-state index in [2.05, 4.69) is 20.1 Å². The number of carbonyl (C=O) groups excluding carboxylic acids is 1. The highest BCUT2D eigenvalue weighted by Crippen LogP contribution is 2.18. The van der Waals surface area contributed by atoms with Crippen molar-refractivity contribution in [2.24, 2.45) is 0 Å². The molecule has 25 heavy (non-hydrogen) atoms. The first-order valence-electron chi connectivity index (χ1n) is 8.25. The molecule has 1 aliphatic heterocycles. The second-order valence-electron chi connectivity index (χ2n) is 5.91. The molecule has 1 amide bonds. The highest BCUT2D eigenvalue weighted by atomic mass is 16.5. The maximum absolute atomic E-state index is 13.0. The third kappa shape index (κ3) is 3.20. The zero-order chi connectivity index (χ0) is 17.1. The number of morpholine rings is 1. The Hall–Kier alpha value is -2.87. The highest BCUT2D eigenvalue weighted by molar-refractivity contribution is 5.99. The van der Waals surface area contributed by atoms with E-state index in [0.29, 0.717) is 31.0 Å². The van der Waals surface area contributed by atoms with Crippen molar-refractivity contribution in [3.05, 3.63) is 54.5 Å². The van der Waals surface area contributed by atoms with Crippen LogP contribution in [0.2, 0.25) is 0 Å². The van der Waals surface area contributed by atoms with Crippen LogP contribution in [0.1, 0.15) is 22.5 Å². The quantitative estimate of drug-likeness (QED) is 0.705. The molecule has 0 bridgehead atoms. The number of nitrogens with zero attached hydrogens (tertiary/aromatic N) is 6. The predicted octanol–water partition coefficient (Wildman–Crippen LogP) is 0.993. The Bertz CT molecular complexity index is 866. The molecular formula is C17H18N6O2. The van der Waals surface area contributed by atoms with E-state index in [0.717, 1.165) is 18.5 Å². The number of hydrogen-bond acceptors (Lipinski definition) is 6. The van der Waals surface area contributed by atoms with Crippen LogP contribution in [0, 0.1) is 0 Å². The number of hydrogen-bond donors (Lipinski definition) is 0. The summed E-state index contributed by atoms with van der Waals surface area (Å²) in [7, 11) is 0. The molecule has 4 rings (SSSR count). The minimum atomic E-state index is -0.0545. The zero-order valence-electron chi connectivity index (χ0n) is 13.7. The summed E-state index contributed by atoms with van der Waals surface area (Å²) in [5.41, 5.74) is 2.01. The summed E-state index contributed by atoms with van der Waals surface area (Å²) in [6.07, 6.45) is 11.6. The molecule has 8 nitrogen and oxygen atoms in total. The van der Waals surface area contributed by atoms with Gasteiger partial charge in [-0.05, 0) is 18.9 Å². The topological polar surface area (TPSA) is 85.5 Å². The van der Waals surface area contributed by atoms with Crippen LogP contribution in [0.3, 0.4) is 0 Å². The van der Waals surface area contributed by atoms with E-state index in [-0.39, 0.29) is 11.9 Å². The monoisotopic (exact) mass is 338 g/mol. The molecule has 0 spiro atoms. The van der Waals surface area contributed by atoms with E-state index < -0.39 is 0 Å². The van der Waals surface area contributed by atoms with Gasteiger partial charge in [0, 0.05) is 37.5 Å². The van der Waals surface area contributed by atoms with E-state index in [1.807, 2.05) is 4.90 Å². The number of carbonyl (C=O) groups is 1. The first-order valence-corrected chi connectivity index (χ1v) is 8.25. The molecule has 0 N–H and O–H groups in total. The summed E-state index contributed by atoms with van der Waals surface area (Å²) in [4.78, 5) is 27.6. The van der Waals surface area contributed by atoms with Crippen LogP contribution < -0.4 is 0 Å². The number of fused-ring (bicyclic) bond motifs is 1. The van der Waals surface area contributed by atoms with Gasteiger partial charge in [-0.15, -0.1) is 0 Å². The molecule has 0 aromatic carbocycles. The Kier molecular flexibility index (Phi) is 4.34. The summed E-state index contributed by atoms with van der Waals surface area (Å²) >= 11 is 0. The van der Waals surface area contributed by atoms with Gasteiger partial charge in [-0.1, -0.05) is 0 Å². The van der Waals surface area contributed by atoms with Crippen molar-refractivity contribution in [3.63, 3.8) is 0 Å². The molecule has 8 heteroatoms. The van der Waals surface area contributed by atoms with Crippen molar-refractivity contribution >= 4 is 11.6 Å². The fourth-order valence-electron chi connectivity index (χ4n) is 3.07. The SMILES string of the molecule is O=C(c1cnn2cccnc12)N1CCOCC1CCc1cnccn1. The molecule has 1 atom stereocenters. The highest BCUT2D eigenvalue weighted by Gasteiger charge is 2.30. The Labute approximate surface area is 144 Å². The molecule has 1 aliphatic rings. The molecule has 3 aromatic heterocycles. The van der Waals surface area contributed by atoms with Crippen LogP contribution in [0.25, 0.3) is 5.65 Å². The van der Waals surface area contributed by atoms with Crippen LogP contribution in [0.15, 0.2) is 43.2 Å². The largest absolute Gasteiger partial charge is 0.377 e. The summed E-state index contributed by atoms with van der Waals surface area (Å²) < 4.78 is 7.20. The predicted molar refractivity (Wildman–Crippen MR) is 89.0 cm³/mol. The van der Waals surface area contributed by atoms with Crippen molar-refractivity contribution in [1.82, 2.24) is 29.5 Å². The first kappa shape index (κ1) is 15.6. The number of aromatic nitrogens is 5. The lowest BCUT2D eigenvalue weighted by molar-refractivity contribution is -0.00404. The van der Waals surface area contributed by atoms with E-state index >= 15 is 0 Å². The second kappa shape index (κ2) is 6.94. The van der Waals surface area contributed by atoms with Crippen LogP contribution in [-0.4, -0.2) is 61.2 Å². The number of amides is 1. The lowest BCUT2D eigenvalue weighted by atomic mass is 10.1. The lowest BCUT2D eigenvalue weighted by Gasteiger charge is -2.35. The van der Waals surface area contributed by atoms with E-state index in [9.17, 15) is 4.79 Å². The maximum atomic E-state index is 13.0. The van der Waals surface area contributed by atoms with Crippen molar-refractivity contribution in [2.45, 2.75) is 18.9 Å². The van der Waals surface area contributed by atoms with Gasteiger partial charge in [0.15, 0.2) is 5.65 Å². The van der Waals surface area contributed by atoms with Crippen molar-refractivity contribution in [3.8, 4) is 0 Å². The molecule has 128 valence electrons. The van der Waals surface area contributed by atoms with Gasteiger partial charge in [0.1, 0.15) is 5.56 Å². The van der Waals surface area contributed by atoms with Crippen LogP contribution >= 0.6 is 0 Å². The average molecular weight is 338 g/mol. The molecule has 1 saturated heterocycles. The van der Waals surface area contributed by atoms with Gasteiger partial charge in [0.25, 0.3) is 5.91 Å². The minimum Gasteiger partial charge on any atom is -0.377 e. The molecule has 1 fully saturated rings. The zero-order valence-corrected chi connectivity index (χ0v) is 13.7. The summed E-state index contributed by atoms with van der Waals surface area (Å²) in [5, 5.41) is 4.21. The molecule has 4 heterocycles. The smallest absolute Gasteiger partial charge is 0.259 e. The third-order valence-electron chi connectivity index (χ3n) is 4.35. The van der Waals surface area contributed by atoms with Crippen molar-refractivity contribution in [2.75, 3.05) is 19.8 Å². The summed E-state index contributed by atoms with van der Waals surface area (Å²) in [6.45, 7) is 1.63. The van der Waals surface area contributed by atoms with Gasteiger partial charge >= 0.3 is 0 Å². The molecule has 0 aliphatic carbocycles. The minimum absolute atomic E-state index is 0.00178. The van der Waals surface area contributed by atoms with E-state index in [1.54, 1.807) is 47.8 Å². The third-order valence-corrected chi connectivity index (χ3v) is 4.35. The Balaban J connectivity index is 1.53. The molecule has 3 aromatic rings. The number of aryl methyl sites for hydroxylation is 1. The summed E-state index contributed by atoms with van der Waals surface area (Å²) in [6, 6.07) is 1.79. The van der Waals surface area contributed by atoms with E-state index in [1.165, 1.54) is 0 Å². The fourth-order valence-corrected chi connectivity index (χ4v) is 3.07. The fraction of sp³-hybridized carbons (Fsp3) is 0.353. The van der Waals surface area contributed by atoms with Gasteiger partial charge in [-0.2, -0.15) is 5.10 Å². The molecular weight excluding hydrogens is 320 g/mol. The Morgan fingerprint density at radius 2 is 2.20 bits per heavy atom. The first-order chi connectivity index (χ1) is 12.3. The molecule has 1 unspecified atom stereocenters. The van der Waals surface area contributed by atoms with E-state index in [4.69, 9.17) is 4.74 Å². The standard InChI is InChI=1S/C17H18N6O2/c24-17(15-11-21-23-7-1-4-20-16(15)23)22-8-9-25-12-14(22)3-2-13-10-18-5-6-19-13/h1,4-7,10-11,14H,2-3,8-9,12H2. The average Bonchev–Trinajstić information content (AvgIpc) is 3.11. The van der Waals surface area contributed by atoms with Crippen molar-refractivity contribution < 1.29 is 9.53 Å². The maximum Gasteiger partial charge on any atom is 0.259 e. The van der Waals surface area contributed by atoms with Crippen molar-refractivity contribution in [1.29, 1.82) is 0 Å². The van der Waals surface area contributed by atoms with Gasteiger partial charge < -0.3 is 9.64 Å². The van der Waals surface area contributed by atoms with Crippen LogP contribution in [-0.2, 0) is 11.2 Å². The van der Waals surface area contributed by atoms with Gasteiger partial charge in [0.2, 0.25) is 0 Å². The summed E-state index contributed by atoms with van der Waals surface area (Å²) in [5.74, 6) is -0.0545. The van der Waals surface area contributed by atoms with Gasteiger partial charge in [-0.3, -0.25) is 14.8 Å². The van der Waals surface area contributed by atoms with Gasteiger partial charge in [-0.25, -0.2) is 9.50 Å². The number of ether oxygens (including phenoxy) is 1. The van der Waals surface area contributed by atoms with Crippen LogP contribution in [0.5, 0.6) is 0 Å². The number of rotatable bonds is 4. The van der Waals surface area contributed by atoms with Crippen LogP contribution in [0.4, 0.5) is 0 Å². The molecule has 0 saturated carbocycles.